The first-order valence-electron chi connectivity index (χ1n) is 10.8. The molecule has 1 aliphatic heterocycles. The van der Waals surface area contributed by atoms with Gasteiger partial charge in [0.25, 0.3) is 0 Å². The van der Waals surface area contributed by atoms with Crippen LogP contribution in [-0.4, -0.2) is 44.0 Å². The number of hydrogen-bond acceptors (Lipinski definition) is 3. The van der Waals surface area contributed by atoms with Gasteiger partial charge in [-0.25, -0.2) is 4.98 Å². The quantitative estimate of drug-likeness (QED) is 0.486. The van der Waals surface area contributed by atoms with Crippen molar-refractivity contribution in [2.75, 3.05) is 13.1 Å². The number of para-hydroxylation sites is 1. The van der Waals surface area contributed by atoms with Gasteiger partial charge in [-0.3, -0.25) is 9.69 Å². The van der Waals surface area contributed by atoms with Crippen molar-refractivity contribution >= 4 is 16.8 Å². The summed E-state index contributed by atoms with van der Waals surface area (Å²) < 4.78 is 1.98. The van der Waals surface area contributed by atoms with E-state index in [1.165, 1.54) is 16.5 Å². The number of aromatic amines is 1. The molecule has 0 bridgehead atoms. The Kier molecular flexibility index (Phi) is 5.08. The zero-order chi connectivity index (χ0) is 21.3. The number of benzene rings is 2. The minimum absolute atomic E-state index is 0.119. The standard InChI is InChI=1S/C25H27N5O/c1-25(24(31)27-12-10-20-16-28-23-5-3-2-4-22(20)23)11-14-30(25)17-19-6-8-21(9-7-19)29-15-13-26-18-29/h2-9,13,15-16,18,28H,10-12,14,17H2,1H3,(H,27,31). The fourth-order valence-corrected chi connectivity index (χ4v) is 4.36. The number of H-pyrrole nitrogens is 1. The maximum Gasteiger partial charge on any atom is 0.240 e. The summed E-state index contributed by atoms with van der Waals surface area (Å²) in [6.07, 6.45) is 9.25. The Labute approximate surface area is 181 Å². The molecule has 1 amide bonds. The normalized spacial score (nSPS) is 18.7. The van der Waals surface area contributed by atoms with E-state index in [-0.39, 0.29) is 5.91 Å². The molecule has 0 spiro atoms. The van der Waals surface area contributed by atoms with E-state index in [2.05, 4.69) is 63.5 Å². The third-order valence-corrected chi connectivity index (χ3v) is 6.52. The van der Waals surface area contributed by atoms with Gasteiger partial charge >= 0.3 is 0 Å². The molecule has 5 rings (SSSR count). The van der Waals surface area contributed by atoms with Crippen LogP contribution in [0.4, 0.5) is 0 Å². The summed E-state index contributed by atoms with van der Waals surface area (Å²) in [5, 5.41) is 4.40. The molecular weight excluding hydrogens is 386 g/mol. The number of carbonyl (C=O) groups is 1. The highest BCUT2D eigenvalue weighted by Gasteiger charge is 2.46. The van der Waals surface area contributed by atoms with Gasteiger partial charge < -0.3 is 14.9 Å². The van der Waals surface area contributed by atoms with Gasteiger partial charge in [0.1, 0.15) is 0 Å². The first-order chi connectivity index (χ1) is 15.1. The number of nitrogens with zero attached hydrogens (tertiary/aromatic N) is 3. The highest BCUT2D eigenvalue weighted by molar-refractivity contribution is 5.87. The predicted octanol–water partition coefficient (Wildman–Crippen LogP) is 3.68. The van der Waals surface area contributed by atoms with Crippen LogP contribution in [-0.2, 0) is 17.8 Å². The van der Waals surface area contributed by atoms with Crippen LogP contribution in [0.2, 0.25) is 0 Å². The number of imidazole rings is 1. The Hall–Kier alpha value is -3.38. The van der Waals surface area contributed by atoms with Crippen molar-refractivity contribution in [3.8, 4) is 5.69 Å². The zero-order valence-corrected chi connectivity index (χ0v) is 17.7. The van der Waals surface area contributed by atoms with E-state index < -0.39 is 5.54 Å². The predicted molar refractivity (Wildman–Crippen MR) is 122 cm³/mol. The maximum atomic E-state index is 13.0. The average molecular weight is 414 g/mol. The Morgan fingerprint density at radius 3 is 2.77 bits per heavy atom. The molecule has 1 aliphatic rings. The van der Waals surface area contributed by atoms with E-state index in [1.807, 2.05) is 29.1 Å². The topological polar surface area (TPSA) is 66.0 Å². The van der Waals surface area contributed by atoms with Crippen LogP contribution in [0, 0.1) is 0 Å². The lowest BCUT2D eigenvalue weighted by Crippen LogP contribution is -2.65. The van der Waals surface area contributed by atoms with Crippen molar-refractivity contribution in [1.29, 1.82) is 0 Å². The largest absolute Gasteiger partial charge is 0.361 e. The Morgan fingerprint density at radius 2 is 2.03 bits per heavy atom. The van der Waals surface area contributed by atoms with E-state index in [9.17, 15) is 4.79 Å². The second-order valence-electron chi connectivity index (χ2n) is 8.45. The molecule has 1 fully saturated rings. The fourth-order valence-electron chi connectivity index (χ4n) is 4.36. The molecule has 2 aromatic heterocycles. The number of rotatable bonds is 7. The van der Waals surface area contributed by atoms with Gasteiger partial charge in [-0.1, -0.05) is 30.3 Å². The first kappa shape index (κ1) is 19.6. The summed E-state index contributed by atoms with van der Waals surface area (Å²) in [5.74, 6) is 0.119. The third-order valence-electron chi connectivity index (χ3n) is 6.52. The SMILES string of the molecule is CC1(C(=O)NCCc2c[nH]c3ccccc23)CCN1Cc1ccc(-n2ccnc2)cc1. The molecule has 2 N–H and O–H groups in total. The summed E-state index contributed by atoms with van der Waals surface area (Å²) in [6, 6.07) is 16.7. The van der Waals surface area contributed by atoms with Crippen LogP contribution < -0.4 is 5.32 Å². The summed E-state index contributed by atoms with van der Waals surface area (Å²) in [6.45, 7) is 4.41. The van der Waals surface area contributed by atoms with Crippen molar-refractivity contribution in [1.82, 2.24) is 24.8 Å². The molecule has 0 radical (unpaired) electrons. The zero-order valence-electron chi connectivity index (χ0n) is 17.7. The summed E-state index contributed by atoms with van der Waals surface area (Å²) in [7, 11) is 0. The lowest BCUT2D eigenvalue weighted by molar-refractivity contribution is -0.141. The molecule has 2 aromatic carbocycles. The van der Waals surface area contributed by atoms with Crippen LogP contribution in [0.3, 0.4) is 0 Å². The lowest BCUT2D eigenvalue weighted by atomic mass is 9.85. The number of aromatic nitrogens is 3. The van der Waals surface area contributed by atoms with Crippen LogP contribution >= 0.6 is 0 Å². The summed E-state index contributed by atoms with van der Waals surface area (Å²) >= 11 is 0. The monoisotopic (exact) mass is 413 g/mol. The highest BCUT2D eigenvalue weighted by Crippen LogP contribution is 2.32. The molecule has 4 aromatic rings. The van der Waals surface area contributed by atoms with Gasteiger partial charge in [-0.15, -0.1) is 0 Å². The van der Waals surface area contributed by atoms with Crippen molar-refractivity contribution < 1.29 is 4.79 Å². The van der Waals surface area contributed by atoms with Crippen molar-refractivity contribution in [2.24, 2.45) is 0 Å². The van der Waals surface area contributed by atoms with E-state index in [4.69, 9.17) is 0 Å². The molecular formula is C25H27N5O. The molecule has 1 unspecified atom stereocenters. The van der Waals surface area contributed by atoms with Crippen molar-refractivity contribution in [3.05, 3.63) is 84.6 Å². The van der Waals surface area contributed by atoms with Crippen LogP contribution in [0.25, 0.3) is 16.6 Å². The van der Waals surface area contributed by atoms with Gasteiger partial charge in [0.2, 0.25) is 5.91 Å². The smallest absolute Gasteiger partial charge is 0.240 e. The molecule has 158 valence electrons. The number of fused-ring (bicyclic) bond motifs is 1. The molecule has 6 heteroatoms. The van der Waals surface area contributed by atoms with Crippen LogP contribution in [0.5, 0.6) is 0 Å². The molecule has 0 saturated carbocycles. The van der Waals surface area contributed by atoms with Crippen molar-refractivity contribution in [3.63, 3.8) is 0 Å². The van der Waals surface area contributed by atoms with Gasteiger partial charge in [0, 0.05) is 54.8 Å². The second-order valence-corrected chi connectivity index (χ2v) is 8.45. The highest BCUT2D eigenvalue weighted by atomic mass is 16.2. The third kappa shape index (κ3) is 3.75. The molecule has 0 aliphatic carbocycles. The molecule has 1 atom stereocenters. The van der Waals surface area contributed by atoms with Gasteiger partial charge in [0.15, 0.2) is 0 Å². The Bertz CT molecular complexity index is 1180. The summed E-state index contributed by atoms with van der Waals surface area (Å²) in [5.41, 5.74) is 4.23. The number of hydrogen-bond donors (Lipinski definition) is 2. The molecule has 31 heavy (non-hydrogen) atoms. The number of likely N-dealkylation sites (tertiary alicyclic amines) is 1. The Balaban J connectivity index is 1.17. The molecule has 3 heterocycles. The van der Waals surface area contributed by atoms with Crippen molar-refractivity contribution in [2.45, 2.75) is 31.8 Å². The van der Waals surface area contributed by atoms with Gasteiger partial charge in [-0.2, -0.15) is 0 Å². The van der Waals surface area contributed by atoms with Gasteiger partial charge in [0.05, 0.1) is 11.9 Å². The number of nitrogens with one attached hydrogen (secondary N) is 2. The molecule has 1 saturated heterocycles. The fraction of sp³-hybridized carbons (Fsp3) is 0.280. The maximum absolute atomic E-state index is 13.0. The van der Waals surface area contributed by atoms with E-state index in [0.717, 1.165) is 37.1 Å². The van der Waals surface area contributed by atoms with Gasteiger partial charge in [-0.05, 0) is 49.1 Å². The Morgan fingerprint density at radius 1 is 1.19 bits per heavy atom. The molecule has 6 nitrogen and oxygen atoms in total. The number of amides is 1. The second kappa shape index (κ2) is 8.04. The summed E-state index contributed by atoms with van der Waals surface area (Å²) in [4.78, 5) is 22.6. The average Bonchev–Trinajstić information content (AvgIpc) is 3.47. The minimum atomic E-state index is -0.441. The van der Waals surface area contributed by atoms with Crippen LogP contribution in [0.15, 0.2) is 73.4 Å². The first-order valence-corrected chi connectivity index (χ1v) is 10.8. The van der Waals surface area contributed by atoms with E-state index in [1.54, 1.807) is 12.5 Å². The minimum Gasteiger partial charge on any atom is -0.361 e. The lowest BCUT2D eigenvalue weighted by Gasteiger charge is -2.49. The van der Waals surface area contributed by atoms with E-state index in [0.29, 0.717) is 6.54 Å². The van der Waals surface area contributed by atoms with E-state index >= 15 is 0 Å². The number of carbonyl (C=O) groups excluding carboxylic acids is 1. The van der Waals surface area contributed by atoms with Crippen LogP contribution in [0.1, 0.15) is 24.5 Å².